The largest absolute Gasteiger partial charge is 0.396 e. The standard InChI is InChI=1S/C9H15NO/c10-6-5-8-3-1-2-4-9(8)7-11/h8-9,11H,1-5,7H2. The number of aliphatic hydroxyl groups excluding tert-OH is 1. The molecule has 1 aliphatic carbocycles. The minimum absolute atomic E-state index is 0.270. The van der Waals surface area contributed by atoms with Crippen molar-refractivity contribution >= 4 is 0 Å². The van der Waals surface area contributed by atoms with Gasteiger partial charge in [0, 0.05) is 13.0 Å². The first-order valence-corrected chi connectivity index (χ1v) is 4.36. The van der Waals surface area contributed by atoms with Crippen LogP contribution in [-0.2, 0) is 0 Å². The van der Waals surface area contributed by atoms with Crippen LogP contribution in [0.3, 0.4) is 0 Å². The fourth-order valence-electron chi connectivity index (χ4n) is 1.91. The van der Waals surface area contributed by atoms with Crippen molar-refractivity contribution in [2.24, 2.45) is 11.8 Å². The summed E-state index contributed by atoms with van der Waals surface area (Å²) in [6.45, 7) is 0.270. The number of aliphatic hydroxyl groups is 1. The molecule has 1 N–H and O–H groups in total. The predicted molar refractivity (Wildman–Crippen MR) is 42.8 cm³/mol. The van der Waals surface area contributed by atoms with E-state index in [1.807, 2.05) is 0 Å². The number of nitriles is 1. The van der Waals surface area contributed by atoms with Gasteiger partial charge < -0.3 is 5.11 Å². The van der Waals surface area contributed by atoms with Crippen molar-refractivity contribution in [3.63, 3.8) is 0 Å². The highest BCUT2D eigenvalue weighted by atomic mass is 16.3. The highest BCUT2D eigenvalue weighted by Gasteiger charge is 2.23. The minimum Gasteiger partial charge on any atom is -0.396 e. The molecule has 11 heavy (non-hydrogen) atoms. The molecule has 1 fully saturated rings. The SMILES string of the molecule is N#CCC1CCCCC1CO. The van der Waals surface area contributed by atoms with E-state index in [1.54, 1.807) is 0 Å². The highest BCUT2D eigenvalue weighted by Crippen LogP contribution is 2.31. The zero-order chi connectivity index (χ0) is 8.10. The summed E-state index contributed by atoms with van der Waals surface area (Å²) in [5.74, 6) is 0.877. The van der Waals surface area contributed by atoms with Crippen LogP contribution in [0.15, 0.2) is 0 Å². The lowest BCUT2D eigenvalue weighted by Crippen LogP contribution is -2.22. The molecule has 0 heterocycles. The summed E-state index contributed by atoms with van der Waals surface area (Å²) in [4.78, 5) is 0. The highest BCUT2D eigenvalue weighted by molar-refractivity contribution is 4.83. The van der Waals surface area contributed by atoms with E-state index < -0.39 is 0 Å². The Morgan fingerprint density at radius 2 is 1.91 bits per heavy atom. The molecule has 0 aromatic carbocycles. The molecule has 0 aliphatic heterocycles. The first-order chi connectivity index (χ1) is 5.38. The van der Waals surface area contributed by atoms with Crippen LogP contribution in [0.4, 0.5) is 0 Å². The third-order valence-electron chi connectivity index (χ3n) is 2.65. The normalized spacial score (nSPS) is 31.3. The monoisotopic (exact) mass is 153 g/mol. The van der Waals surface area contributed by atoms with E-state index in [9.17, 15) is 0 Å². The van der Waals surface area contributed by atoms with Crippen molar-refractivity contribution in [1.82, 2.24) is 0 Å². The van der Waals surface area contributed by atoms with Crippen molar-refractivity contribution in [3.05, 3.63) is 0 Å². The Kier molecular flexibility index (Phi) is 3.38. The summed E-state index contributed by atoms with van der Waals surface area (Å²) in [7, 11) is 0. The Labute approximate surface area is 67.8 Å². The average Bonchev–Trinajstić information content (AvgIpc) is 2.06. The summed E-state index contributed by atoms with van der Waals surface area (Å²) in [6, 6.07) is 2.19. The molecule has 0 radical (unpaired) electrons. The zero-order valence-electron chi connectivity index (χ0n) is 6.79. The Morgan fingerprint density at radius 3 is 2.45 bits per heavy atom. The van der Waals surface area contributed by atoms with Gasteiger partial charge >= 0.3 is 0 Å². The maximum atomic E-state index is 8.98. The molecule has 0 aromatic heterocycles. The number of hydrogen-bond acceptors (Lipinski definition) is 2. The second-order valence-corrected chi connectivity index (χ2v) is 3.35. The third-order valence-corrected chi connectivity index (χ3v) is 2.65. The Bertz CT molecular complexity index is 150. The van der Waals surface area contributed by atoms with Crippen molar-refractivity contribution in [2.45, 2.75) is 32.1 Å². The molecule has 0 spiro atoms. The fourth-order valence-corrected chi connectivity index (χ4v) is 1.91. The van der Waals surface area contributed by atoms with Crippen LogP contribution < -0.4 is 0 Å². The van der Waals surface area contributed by atoms with Crippen molar-refractivity contribution < 1.29 is 5.11 Å². The summed E-state index contributed by atoms with van der Waals surface area (Å²) in [5.41, 5.74) is 0. The van der Waals surface area contributed by atoms with Gasteiger partial charge in [0.25, 0.3) is 0 Å². The smallest absolute Gasteiger partial charge is 0.0624 e. The third kappa shape index (κ3) is 2.20. The van der Waals surface area contributed by atoms with Gasteiger partial charge in [0.1, 0.15) is 0 Å². The molecule has 1 rings (SSSR count). The first kappa shape index (κ1) is 8.55. The quantitative estimate of drug-likeness (QED) is 0.656. The number of rotatable bonds is 2. The lowest BCUT2D eigenvalue weighted by Gasteiger charge is -2.28. The topological polar surface area (TPSA) is 44.0 Å². The molecule has 0 bridgehead atoms. The maximum Gasteiger partial charge on any atom is 0.0624 e. The fraction of sp³-hybridized carbons (Fsp3) is 0.889. The average molecular weight is 153 g/mol. The first-order valence-electron chi connectivity index (χ1n) is 4.36. The molecule has 1 saturated carbocycles. The van der Waals surface area contributed by atoms with Gasteiger partial charge in [-0.25, -0.2) is 0 Å². The molecule has 0 saturated heterocycles. The summed E-state index contributed by atoms with van der Waals surface area (Å²) >= 11 is 0. The summed E-state index contributed by atoms with van der Waals surface area (Å²) in [5, 5.41) is 17.5. The minimum atomic E-state index is 0.270. The zero-order valence-corrected chi connectivity index (χ0v) is 6.79. The lowest BCUT2D eigenvalue weighted by molar-refractivity contribution is 0.137. The van der Waals surface area contributed by atoms with Gasteiger partial charge in [0.2, 0.25) is 0 Å². The Morgan fingerprint density at radius 1 is 1.27 bits per heavy atom. The molecule has 0 aromatic rings. The Hall–Kier alpha value is -0.550. The second kappa shape index (κ2) is 4.35. The molecule has 2 atom stereocenters. The van der Waals surface area contributed by atoms with E-state index in [4.69, 9.17) is 10.4 Å². The van der Waals surface area contributed by atoms with Gasteiger partial charge in [-0.15, -0.1) is 0 Å². The van der Waals surface area contributed by atoms with Crippen LogP contribution >= 0.6 is 0 Å². The molecular formula is C9H15NO. The summed E-state index contributed by atoms with van der Waals surface area (Å²) < 4.78 is 0. The van der Waals surface area contributed by atoms with Crippen LogP contribution in [0.2, 0.25) is 0 Å². The number of hydrogen-bond donors (Lipinski definition) is 1. The van der Waals surface area contributed by atoms with E-state index in [2.05, 4.69) is 6.07 Å². The van der Waals surface area contributed by atoms with Crippen molar-refractivity contribution in [2.75, 3.05) is 6.61 Å². The van der Waals surface area contributed by atoms with Gasteiger partial charge in [-0.3, -0.25) is 0 Å². The van der Waals surface area contributed by atoms with E-state index in [0.717, 1.165) is 12.8 Å². The van der Waals surface area contributed by atoms with Crippen LogP contribution in [-0.4, -0.2) is 11.7 Å². The molecule has 2 nitrogen and oxygen atoms in total. The van der Waals surface area contributed by atoms with E-state index in [-0.39, 0.29) is 6.61 Å². The number of nitrogens with zero attached hydrogens (tertiary/aromatic N) is 1. The van der Waals surface area contributed by atoms with Gasteiger partial charge in [0.05, 0.1) is 6.07 Å². The van der Waals surface area contributed by atoms with Crippen molar-refractivity contribution in [1.29, 1.82) is 5.26 Å². The van der Waals surface area contributed by atoms with E-state index >= 15 is 0 Å². The van der Waals surface area contributed by atoms with Crippen LogP contribution in [0.5, 0.6) is 0 Å². The Balaban J connectivity index is 2.39. The second-order valence-electron chi connectivity index (χ2n) is 3.35. The van der Waals surface area contributed by atoms with Crippen LogP contribution in [0.25, 0.3) is 0 Å². The van der Waals surface area contributed by atoms with Crippen LogP contribution in [0, 0.1) is 23.2 Å². The van der Waals surface area contributed by atoms with E-state index in [0.29, 0.717) is 18.3 Å². The van der Waals surface area contributed by atoms with Gasteiger partial charge in [-0.1, -0.05) is 12.8 Å². The predicted octanol–water partition coefficient (Wildman–Crippen LogP) is 1.70. The lowest BCUT2D eigenvalue weighted by atomic mass is 9.78. The van der Waals surface area contributed by atoms with Crippen molar-refractivity contribution in [3.8, 4) is 6.07 Å². The maximum absolute atomic E-state index is 8.98. The summed E-state index contributed by atoms with van der Waals surface area (Å²) in [6.07, 6.45) is 5.35. The molecule has 0 amide bonds. The van der Waals surface area contributed by atoms with E-state index in [1.165, 1.54) is 12.8 Å². The van der Waals surface area contributed by atoms with Crippen LogP contribution in [0.1, 0.15) is 32.1 Å². The molecule has 2 heteroatoms. The molecule has 1 aliphatic rings. The van der Waals surface area contributed by atoms with Gasteiger partial charge in [-0.2, -0.15) is 5.26 Å². The van der Waals surface area contributed by atoms with Gasteiger partial charge in [-0.05, 0) is 24.7 Å². The van der Waals surface area contributed by atoms with Gasteiger partial charge in [0.15, 0.2) is 0 Å². The molecule has 62 valence electrons. The molecular weight excluding hydrogens is 138 g/mol. The molecule has 2 unspecified atom stereocenters.